The Morgan fingerprint density at radius 1 is 1.00 bits per heavy atom. The number of benzene rings is 1. The van der Waals surface area contributed by atoms with Gasteiger partial charge >= 0.3 is 0 Å². The molecular weight excluding hydrogens is 190 g/mol. The lowest BCUT2D eigenvalue weighted by atomic mass is 10.1. The predicted molar refractivity (Wildman–Crippen MR) is 65.2 cm³/mol. The molecule has 2 rings (SSSR count). The van der Waals surface area contributed by atoms with Gasteiger partial charge in [0.05, 0.1) is 15.2 Å². The maximum Gasteiger partial charge on any atom is 0.0907 e. The number of hydrogen-bond donors (Lipinski definition) is 0. The molecule has 2 aromatic rings. The van der Waals surface area contributed by atoms with Crippen LogP contribution in [-0.4, -0.2) is 4.98 Å². The van der Waals surface area contributed by atoms with Gasteiger partial charge in [-0.2, -0.15) is 0 Å². The lowest BCUT2D eigenvalue weighted by Gasteiger charge is -1.96. The third kappa shape index (κ3) is 2.13. The number of hydrogen-bond acceptors (Lipinski definition) is 2. The first kappa shape index (κ1) is 11.2. The van der Waals surface area contributed by atoms with Gasteiger partial charge in [-0.05, 0) is 44.0 Å². The maximum atomic E-state index is 4.43. The molecule has 0 radical (unpaired) electrons. The molecule has 0 unspecified atom stereocenters. The third-order valence-corrected chi connectivity index (χ3v) is 3.04. The Morgan fingerprint density at radius 3 is 2.21 bits per heavy atom. The zero-order chi connectivity index (χ0) is 10.7. The Bertz CT molecular complexity index is 390. The van der Waals surface area contributed by atoms with Crippen LogP contribution in [0, 0.1) is 20.8 Å². The summed E-state index contributed by atoms with van der Waals surface area (Å²) in [7, 11) is 0. The predicted octanol–water partition coefficient (Wildman–Crippen LogP) is 4.25. The Morgan fingerprint density at radius 2 is 1.57 bits per heavy atom. The standard InChI is InChI=1S/C10H11NS.C2H6/c1-6-4-9-10(5-7(6)2)12-8(3)11-9;1-2/h4-5H,1-3H3;1-2H3. The van der Waals surface area contributed by atoms with Crippen LogP contribution < -0.4 is 0 Å². The van der Waals surface area contributed by atoms with Crippen LogP contribution in [0.2, 0.25) is 0 Å². The molecule has 1 nitrogen and oxygen atoms in total. The molecule has 0 fully saturated rings. The molecule has 0 saturated carbocycles. The SMILES string of the molecule is CC.Cc1nc2cc(C)c(C)cc2s1. The van der Waals surface area contributed by atoms with E-state index in [1.54, 1.807) is 11.3 Å². The highest BCUT2D eigenvalue weighted by Gasteiger charge is 2.01. The molecule has 0 atom stereocenters. The van der Waals surface area contributed by atoms with E-state index < -0.39 is 0 Å². The molecule has 1 aromatic heterocycles. The van der Waals surface area contributed by atoms with Crippen LogP contribution in [0.15, 0.2) is 12.1 Å². The van der Waals surface area contributed by atoms with E-state index >= 15 is 0 Å². The van der Waals surface area contributed by atoms with Crippen LogP contribution >= 0.6 is 11.3 Å². The molecule has 0 amide bonds. The van der Waals surface area contributed by atoms with Gasteiger partial charge < -0.3 is 0 Å². The maximum absolute atomic E-state index is 4.43. The van der Waals surface area contributed by atoms with Gasteiger partial charge in [-0.25, -0.2) is 4.98 Å². The molecule has 14 heavy (non-hydrogen) atoms. The summed E-state index contributed by atoms with van der Waals surface area (Å²) < 4.78 is 1.30. The van der Waals surface area contributed by atoms with Crippen molar-refractivity contribution in [2.45, 2.75) is 34.6 Å². The minimum Gasteiger partial charge on any atom is -0.242 e. The first-order valence-electron chi connectivity index (χ1n) is 5.01. The minimum absolute atomic E-state index is 1.14. The quantitative estimate of drug-likeness (QED) is 0.629. The minimum atomic E-state index is 1.14. The second-order valence-electron chi connectivity index (χ2n) is 3.14. The van der Waals surface area contributed by atoms with E-state index in [4.69, 9.17) is 0 Å². The average Bonchev–Trinajstić information content (AvgIpc) is 2.49. The van der Waals surface area contributed by atoms with Gasteiger partial charge in [0, 0.05) is 0 Å². The normalized spacial score (nSPS) is 9.79. The Kier molecular flexibility index (Phi) is 3.64. The molecular formula is C12H17NS. The van der Waals surface area contributed by atoms with Gasteiger partial charge in [-0.3, -0.25) is 0 Å². The van der Waals surface area contributed by atoms with Crippen LogP contribution in [0.5, 0.6) is 0 Å². The van der Waals surface area contributed by atoms with Crippen LogP contribution in [0.3, 0.4) is 0 Å². The van der Waals surface area contributed by atoms with Crippen molar-refractivity contribution < 1.29 is 0 Å². The summed E-state index contributed by atoms with van der Waals surface area (Å²) in [6.07, 6.45) is 0. The number of fused-ring (bicyclic) bond motifs is 1. The first-order chi connectivity index (χ1) is 6.66. The summed E-state index contributed by atoms with van der Waals surface area (Å²) in [4.78, 5) is 4.43. The summed E-state index contributed by atoms with van der Waals surface area (Å²) in [5.74, 6) is 0. The van der Waals surface area contributed by atoms with Crippen molar-refractivity contribution in [3.63, 3.8) is 0 Å². The van der Waals surface area contributed by atoms with Crippen LogP contribution in [0.1, 0.15) is 30.0 Å². The Balaban J connectivity index is 0.000000461. The largest absolute Gasteiger partial charge is 0.242 e. The number of aromatic nitrogens is 1. The van der Waals surface area contributed by atoms with E-state index in [2.05, 4.69) is 37.9 Å². The molecule has 0 aliphatic rings. The van der Waals surface area contributed by atoms with Gasteiger partial charge in [0.2, 0.25) is 0 Å². The first-order valence-corrected chi connectivity index (χ1v) is 5.83. The molecule has 0 saturated heterocycles. The van der Waals surface area contributed by atoms with E-state index in [1.807, 2.05) is 13.8 Å². The third-order valence-electron chi connectivity index (χ3n) is 2.11. The van der Waals surface area contributed by atoms with Crippen molar-refractivity contribution in [3.8, 4) is 0 Å². The van der Waals surface area contributed by atoms with Crippen LogP contribution in [-0.2, 0) is 0 Å². The van der Waals surface area contributed by atoms with Crippen molar-refractivity contribution in [3.05, 3.63) is 28.3 Å². The van der Waals surface area contributed by atoms with Crippen molar-refractivity contribution in [2.75, 3.05) is 0 Å². The summed E-state index contributed by atoms with van der Waals surface area (Å²) in [6.45, 7) is 10.3. The van der Waals surface area contributed by atoms with Gasteiger partial charge in [-0.1, -0.05) is 13.8 Å². The van der Waals surface area contributed by atoms with Crippen LogP contribution in [0.4, 0.5) is 0 Å². The number of rotatable bonds is 0. The summed E-state index contributed by atoms with van der Waals surface area (Å²) in [6, 6.07) is 4.38. The molecule has 0 aliphatic heterocycles. The highest BCUT2D eigenvalue weighted by atomic mass is 32.1. The summed E-state index contributed by atoms with van der Waals surface area (Å²) in [5, 5.41) is 1.15. The van der Waals surface area contributed by atoms with Crippen LogP contribution in [0.25, 0.3) is 10.2 Å². The lowest BCUT2D eigenvalue weighted by molar-refractivity contribution is 1.32. The fraction of sp³-hybridized carbons (Fsp3) is 0.417. The fourth-order valence-electron chi connectivity index (χ4n) is 1.30. The zero-order valence-electron chi connectivity index (χ0n) is 9.51. The van der Waals surface area contributed by atoms with Crippen molar-refractivity contribution in [1.82, 2.24) is 4.98 Å². The van der Waals surface area contributed by atoms with Gasteiger partial charge in [0.15, 0.2) is 0 Å². The van der Waals surface area contributed by atoms with Crippen molar-refractivity contribution in [1.29, 1.82) is 0 Å². The van der Waals surface area contributed by atoms with E-state index in [0.717, 1.165) is 10.5 Å². The summed E-state index contributed by atoms with van der Waals surface area (Å²) >= 11 is 1.76. The van der Waals surface area contributed by atoms with Gasteiger partial charge in [0.1, 0.15) is 0 Å². The summed E-state index contributed by atoms with van der Waals surface area (Å²) in [5.41, 5.74) is 3.82. The molecule has 0 spiro atoms. The highest BCUT2D eigenvalue weighted by Crippen LogP contribution is 2.24. The molecule has 1 aromatic carbocycles. The van der Waals surface area contributed by atoms with Crippen molar-refractivity contribution >= 4 is 21.6 Å². The fourth-order valence-corrected chi connectivity index (χ4v) is 2.20. The number of nitrogens with zero attached hydrogens (tertiary/aromatic N) is 1. The molecule has 0 N–H and O–H groups in total. The zero-order valence-corrected chi connectivity index (χ0v) is 10.3. The average molecular weight is 207 g/mol. The van der Waals surface area contributed by atoms with E-state index in [1.165, 1.54) is 15.8 Å². The van der Waals surface area contributed by atoms with E-state index in [-0.39, 0.29) is 0 Å². The second kappa shape index (κ2) is 4.56. The number of thiazole rings is 1. The highest BCUT2D eigenvalue weighted by molar-refractivity contribution is 7.18. The molecule has 0 aliphatic carbocycles. The number of aryl methyl sites for hydroxylation is 3. The monoisotopic (exact) mass is 207 g/mol. The Hall–Kier alpha value is -0.890. The smallest absolute Gasteiger partial charge is 0.0907 e. The van der Waals surface area contributed by atoms with E-state index in [0.29, 0.717) is 0 Å². The second-order valence-corrected chi connectivity index (χ2v) is 4.37. The molecule has 76 valence electrons. The topological polar surface area (TPSA) is 12.9 Å². The van der Waals surface area contributed by atoms with E-state index in [9.17, 15) is 0 Å². The molecule has 0 bridgehead atoms. The van der Waals surface area contributed by atoms with Gasteiger partial charge in [-0.15, -0.1) is 11.3 Å². The van der Waals surface area contributed by atoms with Gasteiger partial charge in [0.25, 0.3) is 0 Å². The Labute approximate surface area is 89.8 Å². The molecule has 2 heteroatoms. The lowest BCUT2D eigenvalue weighted by Crippen LogP contribution is -1.79. The molecule has 1 heterocycles. The van der Waals surface area contributed by atoms with Crippen molar-refractivity contribution in [2.24, 2.45) is 0 Å².